The van der Waals surface area contributed by atoms with Crippen LogP contribution in [0.25, 0.3) is 0 Å². The van der Waals surface area contributed by atoms with Gasteiger partial charge in [-0.05, 0) is 31.5 Å². The zero-order valence-corrected chi connectivity index (χ0v) is 12.1. The molecule has 1 aromatic rings. The summed E-state index contributed by atoms with van der Waals surface area (Å²) in [4.78, 5) is 11.4. The van der Waals surface area contributed by atoms with E-state index in [1.807, 2.05) is 13.8 Å². The lowest BCUT2D eigenvalue weighted by Crippen LogP contribution is -2.21. The molecule has 1 rings (SSSR count). The molecule has 0 fully saturated rings. The fourth-order valence-corrected chi connectivity index (χ4v) is 1.61. The van der Waals surface area contributed by atoms with Crippen molar-refractivity contribution in [2.75, 3.05) is 11.9 Å². The Morgan fingerprint density at radius 3 is 2.76 bits per heavy atom. The van der Waals surface area contributed by atoms with Crippen LogP contribution >= 0.6 is 27.5 Å². The van der Waals surface area contributed by atoms with Gasteiger partial charge in [0, 0.05) is 5.69 Å². The number of anilines is 1. The van der Waals surface area contributed by atoms with Crippen molar-refractivity contribution in [1.82, 2.24) is 0 Å². The van der Waals surface area contributed by atoms with Gasteiger partial charge in [-0.2, -0.15) is 0 Å². The van der Waals surface area contributed by atoms with Crippen LogP contribution in [-0.4, -0.2) is 17.3 Å². The molecule has 0 radical (unpaired) electrons. The summed E-state index contributed by atoms with van der Waals surface area (Å²) in [5.41, 5.74) is 0.668. The zero-order chi connectivity index (χ0) is 12.8. The van der Waals surface area contributed by atoms with Crippen LogP contribution < -0.4 is 10.1 Å². The van der Waals surface area contributed by atoms with E-state index in [4.69, 9.17) is 16.3 Å². The van der Waals surface area contributed by atoms with Crippen molar-refractivity contribution >= 4 is 39.1 Å². The van der Waals surface area contributed by atoms with Gasteiger partial charge in [0.15, 0.2) is 0 Å². The van der Waals surface area contributed by atoms with Gasteiger partial charge in [-0.1, -0.05) is 34.5 Å². The standard InChI is InChI=1S/C12H15BrClNO2/c1-3-9(13)12(16)15-8-5-6-11(17-4-2)10(14)7-8/h5-7,9H,3-4H2,1-2H3,(H,15,16). The van der Waals surface area contributed by atoms with Crippen LogP contribution in [-0.2, 0) is 4.79 Å². The normalized spacial score (nSPS) is 12.0. The second-order valence-electron chi connectivity index (χ2n) is 3.44. The van der Waals surface area contributed by atoms with Gasteiger partial charge in [0.2, 0.25) is 5.91 Å². The second kappa shape index (κ2) is 6.87. The fourth-order valence-electron chi connectivity index (χ4n) is 1.26. The molecule has 0 saturated carbocycles. The molecule has 1 unspecified atom stereocenters. The highest BCUT2D eigenvalue weighted by molar-refractivity contribution is 9.10. The minimum Gasteiger partial charge on any atom is -0.492 e. The number of nitrogens with one attached hydrogen (secondary N) is 1. The van der Waals surface area contributed by atoms with E-state index in [0.29, 0.717) is 23.1 Å². The highest BCUT2D eigenvalue weighted by Gasteiger charge is 2.13. The SMILES string of the molecule is CCOc1ccc(NC(=O)C(Br)CC)cc1Cl. The number of halogens is 2. The molecule has 1 atom stereocenters. The Kier molecular flexibility index (Phi) is 5.78. The Morgan fingerprint density at radius 2 is 2.24 bits per heavy atom. The van der Waals surface area contributed by atoms with Gasteiger partial charge in [0.1, 0.15) is 5.75 Å². The molecule has 17 heavy (non-hydrogen) atoms. The lowest BCUT2D eigenvalue weighted by molar-refractivity contribution is -0.115. The quantitative estimate of drug-likeness (QED) is 0.837. The van der Waals surface area contributed by atoms with E-state index >= 15 is 0 Å². The molecule has 1 aromatic carbocycles. The smallest absolute Gasteiger partial charge is 0.238 e. The average molecular weight is 321 g/mol. The first-order valence-electron chi connectivity index (χ1n) is 5.45. The lowest BCUT2D eigenvalue weighted by Gasteiger charge is -2.11. The Balaban J connectivity index is 2.73. The Morgan fingerprint density at radius 1 is 1.53 bits per heavy atom. The highest BCUT2D eigenvalue weighted by atomic mass is 79.9. The molecule has 1 N–H and O–H groups in total. The summed E-state index contributed by atoms with van der Waals surface area (Å²) in [5.74, 6) is 0.547. The minimum absolute atomic E-state index is 0.0762. The van der Waals surface area contributed by atoms with E-state index in [9.17, 15) is 4.79 Å². The third kappa shape index (κ3) is 4.21. The maximum atomic E-state index is 11.6. The molecule has 1 amide bonds. The van der Waals surface area contributed by atoms with Gasteiger partial charge < -0.3 is 10.1 Å². The molecule has 0 aliphatic heterocycles. The molecular weight excluding hydrogens is 305 g/mol. The van der Waals surface area contributed by atoms with Crippen LogP contribution in [0, 0.1) is 0 Å². The third-order valence-corrected chi connectivity index (χ3v) is 3.50. The number of carbonyl (C=O) groups is 1. The summed E-state index contributed by atoms with van der Waals surface area (Å²) >= 11 is 9.30. The number of ether oxygens (including phenoxy) is 1. The van der Waals surface area contributed by atoms with E-state index < -0.39 is 0 Å². The van der Waals surface area contributed by atoms with E-state index in [-0.39, 0.29) is 10.7 Å². The monoisotopic (exact) mass is 319 g/mol. The van der Waals surface area contributed by atoms with Crippen molar-refractivity contribution in [2.24, 2.45) is 0 Å². The molecule has 0 bridgehead atoms. The Labute approximate surface area is 115 Å². The summed E-state index contributed by atoms with van der Waals surface area (Å²) in [6.45, 7) is 4.39. The predicted octanol–water partition coefficient (Wildman–Crippen LogP) is 3.85. The number of carbonyl (C=O) groups excluding carboxylic acids is 1. The van der Waals surface area contributed by atoms with Crippen LogP contribution in [0.15, 0.2) is 18.2 Å². The molecule has 0 saturated heterocycles. The molecule has 0 aliphatic carbocycles. The first kappa shape index (κ1) is 14.3. The maximum Gasteiger partial charge on any atom is 0.238 e. The topological polar surface area (TPSA) is 38.3 Å². The van der Waals surface area contributed by atoms with Crippen LogP contribution in [0.4, 0.5) is 5.69 Å². The molecular formula is C12H15BrClNO2. The molecule has 94 valence electrons. The van der Waals surface area contributed by atoms with Gasteiger partial charge in [-0.15, -0.1) is 0 Å². The Hall–Kier alpha value is -0.740. The molecule has 0 aromatic heterocycles. The largest absolute Gasteiger partial charge is 0.492 e. The van der Waals surface area contributed by atoms with E-state index in [1.165, 1.54) is 0 Å². The molecule has 0 aliphatic rings. The number of rotatable bonds is 5. The number of benzene rings is 1. The summed E-state index contributed by atoms with van der Waals surface area (Å²) in [5, 5.41) is 3.27. The van der Waals surface area contributed by atoms with E-state index in [1.54, 1.807) is 18.2 Å². The van der Waals surface area contributed by atoms with Crippen molar-refractivity contribution in [3.05, 3.63) is 23.2 Å². The lowest BCUT2D eigenvalue weighted by atomic mass is 10.2. The minimum atomic E-state index is -0.187. The van der Waals surface area contributed by atoms with Crippen molar-refractivity contribution in [3.63, 3.8) is 0 Å². The van der Waals surface area contributed by atoms with Gasteiger partial charge >= 0.3 is 0 Å². The van der Waals surface area contributed by atoms with Crippen molar-refractivity contribution in [1.29, 1.82) is 0 Å². The molecule has 5 heteroatoms. The van der Waals surface area contributed by atoms with Crippen molar-refractivity contribution < 1.29 is 9.53 Å². The number of hydrogen-bond acceptors (Lipinski definition) is 2. The van der Waals surface area contributed by atoms with Crippen molar-refractivity contribution in [2.45, 2.75) is 25.1 Å². The second-order valence-corrected chi connectivity index (χ2v) is 4.96. The molecule has 3 nitrogen and oxygen atoms in total. The molecule has 0 heterocycles. The highest BCUT2D eigenvalue weighted by Crippen LogP contribution is 2.27. The first-order valence-corrected chi connectivity index (χ1v) is 6.75. The van der Waals surface area contributed by atoms with Crippen molar-refractivity contribution in [3.8, 4) is 5.75 Å². The van der Waals surface area contributed by atoms with Crippen LogP contribution in [0.1, 0.15) is 20.3 Å². The zero-order valence-electron chi connectivity index (χ0n) is 9.80. The number of hydrogen-bond donors (Lipinski definition) is 1. The summed E-state index contributed by atoms with van der Waals surface area (Å²) in [7, 11) is 0. The van der Waals surface area contributed by atoms with Gasteiger partial charge in [0.05, 0.1) is 16.5 Å². The van der Waals surface area contributed by atoms with Gasteiger partial charge in [-0.25, -0.2) is 0 Å². The predicted molar refractivity (Wildman–Crippen MR) is 74.3 cm³/mol. The summed E-state index contributed by atoms with van der Waals surface area (Å²) < 4.78 is 5.31. The average Bonchev–Trinajstić information content (AvgIpc) is 2.31. The number of amides is 1. The fraction of sp³-hybridized carbons (Fsp3) is 0.417. The number of alkyl halides is 1. The van der Waals surface area contributed by atoms with Crippen LogP contribution in [0.3, 0.4) is 0 Å². The Bertz CT molecular complexity index is 398. The van der Waals surface area contributed by atoms with E-state index in [0.717, 1.165) is 6.42 Å². The van der Waals surface area contributed by atoms with Gasteiger partial charge in [-0.3, -0.25) is 4.79 Å². The van der Waals surface area contributed by atoms with Crippen LogP contribution in [0.2, 0.25) is 5.02 Å². The third-order valence-electron chi connectivity index (χ3n) is 2.14. The van der Waals surface area contributed by atoms with E-state index in [2.05, 4.69) is 21.2 Å². The summed E-state index contributed by atoms with van der Waals surface area (Å²) in [6.07, 6.45) is 0.733. The summed E-state index contributed by atoms with van der Waals surface area (Å²) in [6, 6.07) is 5.20. The maximum absolute atomic E-state index is 11.6. The van der Waals surface area contributed by atoms with Gasteiger partial charge in [0.25, 0.3) is 0 Å². The first-order chi connectivity index (χ1) is 8.08. The van der Waals surface area contributed by atoms with Crippen LogP contribution in [0.5, 0.6) is 5.75 Å². The molecule has 0 spiro atoms.